The van der Waals surface area contributed by atoms with Crippen LogP contribution in [0.3, 0.4) is 0 Å². The van der Waals surface area contributed by atoms with Crippen molar-refractivity contribution < 1.29 is 4.74 Å². The highest BCUT2D eigenvalue weighted by atomic mass is 79.9. The van der Waals surface area contributed by atoms with E-state index in [-0.39, 0.29) is 12.1 Å². The summed E-state index contributed by atoms with van der Waals surface area (Å²) in [5.74, 6) is 0.720. The molecule has 1 unspecified atom stereocenters. The number of pyridine rings is 1. The van der Waals surface area contributed by atoms with Gasteiger partial charge in [0.25, 0.3) is 0 Å². The van der Waals surface area contributed by atoms with Crippen molar-refractivity contribution in [3.8, 4) is 5.75 Å². The molecule has 3 nitrogen and oxygen atoms in total. The van der Waals surface area contributed by atoms with Gasteiger partial charge in [-0.15, -0.1) is 0 Å². The van der Waals surface area contributed by atoms with Crippen molar-refractivity contribution >= 4 is 27.5 Å². The van der Waals surface area contributed by atoms with Crippen molar-refractivity contribution in [3.63, 3.8) is 0 Å². The Kier molecular flexibility index (Phi) is 5.02. The standard InChI is InChI=1S/C15H16BrClN2O/c1-9(2)20-12-5-10(7-19-8-12)15(18)13-4-3-11(17)6-14(13)16/h3-9,15H,18H2,1-2H3. The van der Waals surface area contributed by atoms with Crippen LogP contribution < -0.4 is 10.5 Å². The van der Waals surface area contributed by atoms with E-state index in [0.29, 0.717) is 5.02 Å². The predicted molar refractivity (Wildman–Crippen MR) is 85.2 cm³/mol. The van der Waals surface area contributed by atoms with Crippen LogP contribution in [-0.2, 0) is 0 Å². The molecule has 0 bridgehead atoms. The second-order valence-electron chi connectivity index (χ2n) is 4.76. The molecule has 1 atom stereocenters. The average Bonchev–Trinajstić information content (AvgIpc) is 2.37. The number of aromatic nitrogens is 1. The van der Waals surface area contributed by atoms with Gasteiger partial charge in [-0.2, -0.15) is 0 Å². The Morgan fingerprint density at radius 1 is 1.25 bits per heavy atom. The van der Waals surface area contributed by atoms with Gasteiger partial charge in [-0.05, 0) is 43.2 Å². The van der Waals surface area contributed by atoms with Gasteiger partial charge in [0.1, 0.15) is 5.75 Å². The fourth-order valence-electron chi connectivity index (χ4n) is 1.88. The maximum Gasteiger partial charge on any atom is 0.138 e. The van der Waals surface area contributed by atoms with Crippen LogP contribution in [0.4, 0.5) is 0 Å². The number of nitrogens with two attached hydrogens (primary N) is 1. The Morgan fingerprint density at radius 2 is 2.00 bits per heavy atom. The topological polar surface area (TPSA) is 48.1 Å². The molecule has 1 heterocycles. The zero-order chi connectivity index (χ0) is 14.7. The van der Waals surface area contributed by atoms with Gasteiger partial charge in [0, 0.05) is 15.7 Å². The predicted octanol–water partition coefficient (Wildman–Crippen LogP) is 4.33. The quantitative estimate of drug-likeness (QED) is 0.888. The highest BCUT2D eigenvalue weighted by Crippen LogP contribution is 2.30. The molecule has 1 aromatic heterocycles. The highest BCUT2D eigenvalue weighted by molar-refractivity contribution is 9.10. The second kappa shape index (κ2) is 6.57. The van der Waals surface area contributed by atoms with Crippen LogP contribution in [0.5, 0.6) is 5.75 Å². The summed E-state index contributed by atoms with van der Waals surface area (Å²) in [5, 5.41) is 0.669. The van der Waals surface area contributed by atoms with Gasteiger partial charge in [-0.25, -0.2) is 0 Å². The third kappa shape index (κ3) is 3.72. The summed E-state index contributed by atoms with van der Waals surface area (Å²) in [6, 6.07) is 7.19. The summed E-state index contributed by atoms with van der Waals surface area (Å²) < 4.78 is 6.52. The molecule has 0 aliphatic carbocycles. The minimum absolute atomic E-state index is 0.102. The van der Waals surface area contributed by atoms with Crippen molar-refractivity contribution in [1.29, 1.82) is 0 Å². The number of hydrogen-bond donors (Lipinski definition) is 1. The fraction of sp³-hybridized carbons (Fsp3) is 0.267. The van der Waals surface area contributed by atoms with Gasteiger partial charge in [-0.1, -0.05) is 33.6 Å². The second-order valence-corrected chi connectivity index (χ2v) is 6.05. The molecule has 0 aliphatic rings. The molecule has 1 aromatic carbocycles. The van der Waals surface area contributed by atoms with E-state index >= 15 is 0 Å². The number of benzene rings is 1. The third-order valence-corrected chi connectivity index (χ3v) is 3.68. The molecule has 0 saturated heterocycles. The number of nitrogens with zero attached hydrogens (tertiary/aromatic N) is 1. The summed E-state index contributed by atoms with van der Waals surface area (Å²) in [5.41, 5.74) is 8.15. The monoisotopic (exact) mass is 354 g/mol. The fourth-order valence-corrected chi connectivity index (χ4v) is 2.80. The van der Waals surface area contributed by atoms with Gasteiger partial charge >= 0.3 is 0 Å². The molecule has 2 aromatic rings. The molecular weight excluding hydrogens is 340 g/mol. The summed E-state index contributed by atoms with van der Waals surface area (Å²) >= 11 is 9.43. The first kappa shape index (κ1) is 15.3. The smallest absolute Gasteiger partial charge is 0.138 e. The molecule has 0 saturated carbocycles. The first-order chi connectivity index (χ1) is 9.47. The van der Waals surface area contributed by atoms with E-state index in [9.17, 15) is 0 Å². The van der Waals surface area contributed by atoms with Crippen LogP contribution in [0.2, 0.25) is 5.02 Å². The maximum absolute atomic E-state index is 6.30. The van der Waals surface area contributed by atoms with E-state index in [1.54, 1.807) is 12.4 Å². The van der Waals surface area contributed by atoms with Gasteiger partial charge in [-0.3, -0.25) is 4.98 Å². The Bertz CT molecular complexity index is 604. The summed E-state index contributed by atoms with van der Waals surface area (Å²) in [6.07, 6.45) is 3.54. The van der Waals surface area contributed by atoms with E-state index in [0.717, 1.165) is 21.3 Å². The lowest BCUT2D eigenvalue weighted by Crippen LogP contribution is -2.13. The van der Waals surface area contributed by atoms with E-state index < -0.39 is 0 Å². The van der Waals surface area contributed by atoms with Crippen molar-refractivity contribution in [3.05, 3.63) is 57.3 Å². The molecule has 0 radical (unpaired) electrons. The van der Waals surface area contributed by atoms with E-state index in [1.165, 1.54) is 0 Å². The van der Waals surface area contributed by atoms with Crippen LogP contribution in [0, 0.1) is 0 Å². The molecule has 0 spiro atoms. The van der Waals surface area contributed by atoms with Gasteiger partial charge < -0.3 is 10.5 Å². The lowest BCUT2D eigenvalue weighted by Gasteiger charge is -2.16. The SMILES string of the molecule is CC(C)Oc1cncc(C(N)c2ccc(Cl)cc2Br)c1. The third-order valence-electron chi connectivity index (χ3n) is 2.76. The van der Waals surface area contributed by atoms with Crippen molar-refractivity contribution in [2.75, 3.05) is 0 Å². The van der Waals surface area contributed by atoms with Crippen molar-refractivity contribution in [1.82, 2.24) is 4.98 Å². The Labute approximate surface area is 132 Å². The van der Waals surface area contributed by atoms with Gasteiger partial charge in [0.15, 0.2) is 0 Å². The summed E-state index contributed by atoms with van der Waals surface area (Å²) in [6.45, 7) is 3.95. The van der Waals surface area contributed by atoms with Crippen LogP contribution in [-0.4, -0.2) is 11.1 Å². The van der Waals surface area contributed by atoms with E-state index in [2.05, 4.69) is 20.9 Å². The van der Waals surface area contributed by atoms with E-state index in [4.69, 9.17) is 22.1 Å². The number of rotatable bonds is 4. The molecule has 0 fully saturated rings. The lowest BCUT2D eigenvalue weighted by molar-refractivity contribution is 0.241. The minimum Gasteiger partial charge on any atom is -0.489 e. The largest absolute Gasteiger partial charge is 0.489 e. The minimum atomic E-state index is -0.287. The molecule has 0 aliphatic heterocycles. The molecule has 2 rings (SSSR count). The molecule has 20 heavy (non-hydrogen) atoms. The normalized spacial score (nSPS) is 12.5. The van der Waals surface area contributed by atoms with Crippen LogP contribution in [0.1, 0.15) is 31.0 Å². The molecular formula is C15H16BrClN2O. The zero-order valence-corrected chi connectivity index (χ0v) is 13.6. The molecule has 0 amide bonds. The van der Waals surface area contributed by atoms with Crippen LogP contribution in [0.25, 0.3) is 0 Å². The number of hydrogen-bond acceptors (Lipinski definition) is 3. The Balaban J connectivity index is 2.30. The molecule has 2 N–H and O–H groups in total. The molecule has 106 valence electrons. The Morgan fingerprint density at radius 3 is 2.65 bits per heavy atom. The van der Waals surface area contributed by atoms with Gasteiger partial charge in [0.05, 0.1) is 18.3 Å². The van der Waals surface area contributed by atoms with Crippen molar-refractivity contribution in [2.45, 2.75) is 26.0 Å². The number of ether oxygens (including phenoxy) is 1. The summed E-state index contributed by atoms with van der Waals surface area (Å²) in [7, 11) is 0. The first-order valence-corrected chi connectivity index (χ1v) is 7.46. The maximum atomic E-state index is 6.30. The van der Waals surface area contributed by atoms with E-state index in [1.807, 2.05) is 38.1 Å². The Hall–Kier alpha value is -1.10. The molecule has 5 heteroatoms. The van der Waals surface area contributed by atoms with Crippen LogP contribution in [0.15, 0.2) is 41.1 Å². The zero-order valence-electron chi connectivity index (χ0n) is 11.3. The van der Waals surface area contributed by atoms with Crippen molar-refractivity contribution in [2.24, 2.45) is 5.73 Å². The number of halogens is 2. The first-order valence-electron chi connectivity index (χ1n) is 6.29. The lowest BCUT2D eigenvalue weighted by atomic mass is 10.0. The van der Waals surface area contributed by atoms with Gasteiger partial charge in [0.2, 0.25) is 0 Å². The summed E-state index contributed by atoms with van der Waals surface area (Å²) in [4.78, 5) is 4.19. The van der Waals surface area contributed by atoms with Crippen LogP contribution >= 0.6 is 27.5 Å². The highest BCUT2D eigenvalue weighted by Gasteiger charge is 2.14. The average molecular weight is 356 g/mol.